The quantitative estimate of drug-likeness (QED) is 0.314. The van der Waals surface area contributed by atoms with Gasteiger partial charge in [-0.15, -0.1) is 0 Å². The fourth-order valence-corrected chi connectivity index (χ4v) is 2.56. The zero-order valence-electron chi connectivity index (χ0n) is 19.0. The van der Waals surface area contributed by atoms with Gasteiger partial charge in [-0.2, -0.15) is 0 Å². The van der Waals surface area contributed by atoms with Crippen molar-refractivity contribution < 1.29 is 28.8 Å². The Labute approximate surface area is 171 Å². The van der Waals surface area contributed by atoms with Crippen LogP contribution in [0.5, 0.6) is 0 Å². The van der Waals surface area contributed by atoms with Crippen molar-refractivity contribution in [2.24, 2.45) is 11.7 Å². The maximum absolute atomic E-state index is 12.0. The van der Waals surface area contributed by atoms with E-state index in [9.17, 15) is 9.90 Å². The summed E-state index contributed by atoms with van der Waals surface area (Å²) in [5.74, 6) is 0.155. The van der Waals surface area contributed by atoms with E-state index in [1.807, 2.05) is 34.6 Å². The number of rotatable bonds is 15. The average Bonchev–Trinajstić information content (AvgIpc) is 2.58. The van der Waals surface area contributed by atoms with Crippen LogP contribution in [0.25, 0.3) is 0 Å². The highest BCUT2D eigenvalue weighted by Gasteiger charge is 2.24. The van der Waals surface area contributed by atoms with Gasteiger partial charge < -0.3 is 29.8 Å². The van der Waals surface area contributed by atoms with E-state index in [2.05, 4.69) is 0 Å². The number of hydrogen-bond donors (Lipinski definition) is 2. The van der Waals surface area contributed by atoms with Gasteiger partial charge in [-0.25, -0.2) is 4.79 Å². The van der Waals surface area contributed by atoms with Crippen LogP contribution in [-0.2, 0) is 18.9 Å². The first-order valence-electron chi connectivity index (χ1n) is 10.5. The second-order valence-electron chi connectivity index (χ2n) is 8.46. The first kappa shape index (κ1) is 27.1. The molecular weight excluding hydrogens is 362 g/mol. The molecule has 0 bridgehead atoms. The van der Waals surface area contributed by atoms with Crippen LogP contribution >= 0.6 is 0 Å². The summed E-state index contributed by atoms with van der Waals surface area (Å²) in [7, 11) is 0. The Balaban J connectivity index is 4.16. The Kier molecular flexibility index (Phi) is 12.9. The van der Waals surface area contributed by atoms with Crippen molar-refractivity contribution in [3.63, 3.8) is 0 Å². The predicted octanol–water partition coefficient (Wildman–Crippen LogP) is 4.00. The number of aliphatic hydroxyl groups is 1. The highest BCUT2D eigenvalue weighted by molar-refractivity contribution is 5.60. The maximum atomic E-state index is 12.0. The minimum Gasteiger partial charge on any atom is -0.434 e. The molecule has 168 valence electrons. The van der Waals surface area contributed by atoms with Crippen LogP contribution in [0.2, 0.25) is 0 Å². The summed E-state index contributed by atoms with van der Waals surface area (Å²) in [6.45, 7) is 14.6. The zero-order chi connectivity index (χ0) is 21.8. The number of carbonyl (C=O) groups is 1. The lowest BCUT2D eigenvalue weighted by Gasteiger charge is -2.28. The van der Waals surface area contributed by atoms with E-state index in [-0.39, 0.29) is 24.9 Å². The fraction of sp³-hybridized carbons (Fsp3) is 0.952. The summed E-state index contributed by atoms with van der Waals surface area (Å²) in [6.07, 6.45) is 2.10. The van der Waals surface area contributed by atoms with Crippen LogP contribution in [0.3, 0.4) is 0 Å². The maximum Gasteiger partial charge on any atom is 0.508 e. The Morgan fingerprint density at radius 3 is 2.25 bits per heavy atom. The van der Waals surface area contributed by atoms with Gasteiger partial charge in [-0.05, 0) is 59.3 Å². The molecule has 0 aromatic heterocycles. The Morgan fingerprint density at radius 1 is 1.07 bits per heavy atom. The van der Waals surface area contributed by atoms with E-state index in [4.69, 9.17) is 24.7 Å². The second-order valence-corrected chi connectivity index (χ2v) is 8.46. The molecule has 0 radical (unpaired) electrons. The molecule has 0 saturated carbocycles. The molecule has 0 aromatic rings. The van der Waals surface area contributed by atoms with Crippen LogP contribution in [0, 0.1) is 5.92 Å². The number of nitrogens with two attached hydrogens (primary N) is 1. The van der Waals surface area contributed by atoms with E-state index >= 15 is 0 Å². The lowest BCUT2D eigenvalue weighted by Crippen LogP contribution is -2.32. The van der Waals surface area contributed by atoms with Gasteiger partial charge in [0, 0.05) is 13.0 Å². The summed E-state index contributed by atoms with van der Waals surface area (Å²) >= 11 is 0. The first-order chi connectivity index (χ1) is 12.9. The lowest BCUT2D eigenvalue weighted by atomic mass is 9.99. The number of hydrogen-bond acceptors (Lipinski definition) is 7. The van der Waals surface area contributed by atoms with Crippen LogP contribution in [-0.4, -0.2) is 54.6 Å². The van der Waals surface area contributed by atoms with Crippen molar-refractivity contribution >= 4 is 6.16 Å². The van der Waals surface area contributed by atoms with Crippen LogP contribution in [0.15, 0.2) is 0 Å². The van der Waals surface area contributed by atoms with Gasteiger partial charge in [0.2, 0.25) is 0 Å². The average molecular weight is 406 g/mol. The standard InChI is InChI=1S/C21H43NO6/c1-8-18(16(3)10-13-25-17(4)22)28-19(23)26-14-11-20(5,6)27-15-12-21(7,24)9-2/h16-18,24H,8-15,22H2,1-7H3. The van der Waals surface area contributed by atoms with Crippen molar-refractivity contribution in [1.29, 1.82) is 0 Å². The smallest absolute Gasteiger partial charge is 0.434 e. The summed E-state index contributed by atoms with van der Waals surface area (Å²) in [5, 5.41) is 10.0. The van der Waals surface area contributed by atoms with Gasteiger partial charge in [0.15, 0.2) is 0 Å². The minimum absolute atomic E-state index is 0.155. The predicted molar refractivity (Wildman–Crippen MR) is 110 cm³/mol. The van der Waals surface area contributed by atoms with Gasteiger partial charge in [0.1, 0.15) is 12.3 Å². The van der Waals surface area contributed by atoms with Crippen molar-refractivity contribution in [1.82, 2.24) is 0 Å². The summed E-state index contributed by atoms with van der Waals surface area (Å²) in [5.41, 5.74) is 4.41. The molecule has 0 heterocycles. The SMILES string of the molecule is CCC(OC(=O)OCCC(C)(C)OCCC(C)(O)CC)C(C)CCOC(C)N. The molecule has 0 rings (SSSR count). The topological polar surface area (TPSA) is 100 Å². The van der Waals surface area contributed by atoms with E-state index < -0.39 is 17.4 Å². The van der Waals surface area contributed by atoms with Crippen molar-refractivity contribution in [3.05, 3.63) is 0 Å². The molecule has 7 heteroatoms. The van der Waals surface area contributed by atoms with Crippen LogP contribution < -0.4 is 5.73 Å². The molecule has 7 nitrogen and oxygen atoms in total. The van der Waals surface area contributed by atoms with E-state index in [1.54, 1.807) is 13.8 Å². The van der Waals surface area contributed by atoms with E-state index in [0.29, 0.717) is 38.9 Å². The summed E-state index contributed by atoms with van der Waals surface area (Å²) in [6, 6.07) is 0. The Morgan fingerprint density at radius 2 is 1.71 bits per heavy atom. The molecule has 28 heavy (non-hydrogen) atoms. The molecule has 0 aliphatic carbocycles. The largest absolute Gasteiger partial charge is 0.508 e. The normalized spacial score (nSPS) is 17.5. The highest BCUT2D eigenvalue weighted by atomic mass is 16.7. The molecule has 0 saturated heterocycles. The van der Waals surface area contributed by atoms with E-state index in [0.717, 1.165) is 6.42 Å². The van der Waals surface area contributed by atoms with Gasteiger partial charge >= 0.3 is 6.16 Å². The fourth-order valence-electron chi connectivity index (χ4n) is 2.56. The highest BCUT2D eigenvalue weighted by Crippen LogP contribution is 2.20. The third-order valence-electron chi connectivity index (χ3n) is 5.06. The van der Waals surface area contributed by atoms with Crippen LogP contribution in [0.4, 0.5) is 4.79 Å². The van der Waals surface area contributed by atoms with Crippen molar-refractivity contribution in [2.45, 2.75) is 104 Å². The molecule has 3 N–H and O–H groups in total. The third-order valence-corrected chi connectivity index (χ3v) is 5.06. The lowest BCUT2D eigenvalue weighted by molar-refractivity contribution is -0.0663. The molecule has 4 unspecified atom stereocenters. The van der Waals surface area contributed by atoms with Gasteiger partial charge in [-0.1, -0.05) is 20.8 Å². The summed E-state index contributed by atoms with van der Waals surface area (Å²) < 4.78 is 21.9. The number of carbonyl (C=O) groups excluding carboxylic acids is 1. The molecule has 0 fully saturated rings. The molecule has 0 aliphatic heterocycles. The first-order valence-corrected chi connectivity index (χ1v) is 10.5. The monoisotopic (exact) mass is 405 g/mol. The van der Waals surface area contributed by atoms with Gasteiger partial charge in [0.25, 0.3) is 0 Å². The van der Waals surface area contributed by atoms with Crippen LogP contribution in [0.1, 0.15) is 80.6 Å². The van der Waals surface area contributed by atoms with Gasteiger partial charge in [0.05, 0.1) is 24.4 Å². The molecule has 4 atom stereocenters. The van der Waals surface area contributed by atoms with Crippen molar-refractivity contribution in [3.8, 4) is 0 Å². The molecule has 0 amide bonds. The van der Waals surface area contributed by atoms with Crippen molar-refractivity contribution in [2.75, 3.05) is 19.8 Å². The summed E-state index contributed by atoms with van der Waals surface area (Å²) in [4.78, 5) is 12.0. The second kappa shape index (κ2) is 13.4. The Hall–Kier alpha value is -0.890. The molecule has 0 spiro atoms. The van der Waals surface area contributed by atoms with E-state index in [1.165, 1.54) is 0 Å². The third kappa shape index (κ3) is 13.3. The molecule has 0 aromatic carbocycles. The molecule has 0 aliphatic rings. The zero-order valence-corrected chi connectivity index (χ0v) is 19.0. The van der Waals surface area contributed by atoms with Gasteiger partial charge in [-0.3, -0.25) is 0 Å². The minimum atomic E-state index is -0.713. The molecular formula is C21H43NO6. The number of ether oxygens (including phenoxy) is 4. The Bertz CT molecular complexity index is 425.